The first-order valence-corrected chi connectivity index (χ1v) is 9.00. The van der Waals surface area contributed by atoms with Crippen molar-refractivity contribution in [1.82, 2.24) is 0 Å². The van der Waals surface area contributed by atoms with Crippen molar-refractivity contribution in [3.8, 4) is 11.5 Å². The van der Waals surface area contributed by atoms with Gasteiger partial charge < -0.3 is 9.47 Å². The third-order valence-corrected chi connectivity index (χ3v) is 4.55. The molecule has 5 nitrogen and oxygen atoms in total. The van der Waals surface area contributed by atoms with Crippen LogP contribution in [0.4, 0.5) is 5.69 Å². The third-order valence-electron chi connectivity index (χ3n) is 2.92. The van der Waals surface area contributed by atoms with Gasteiger partial charge in [0.25, 0.3) is 10.0 Å². The highest BCUT2D eigenvalue weighted by molar-refractivity contribution is 7.92. The quantitative estimate of drug-likeness (QED) is 0.817. The van der Waals surface area contributed by atoms with Crippen LogP contribution in [-0.2, 0) is 10.0 Å². The zero-order valence-electron chi connectivity index (χ0n) is 12.9. The first-order chi connectivity index (χ1) is 11.0. The maximum Gasteiger partial charge on any atom is 0.262 e. The number of ether oxygens (including phenoxy) is 2. The molecule has 0 radical (unpaired) electrons. The topological polar surface area (TPSA) is 64.6 Å². The summed E-state index contributed by atoms with van der Waals surface area (Å²) < 4.78 is 38.3. The first-order valence-electron chi connectivity index (χ1n) is 7.14. The molecule has 0 unspecified atom stereocenters. The monoisotopic (exact) mass is 355 g/mol. The van der Waals surface area contributed by atoms with Crippen LogP contribution in [0.2, 0.25) is 5.02 Å². The van der Waals surface area contributed by atoms with Crippen molar-refractivity contribution >= 4 is 27.3 Å². The molecule has 2 aromatic rings. The van der Waals surface area contributed by atoms with Gasteiger partial charge in [0, 0.05) is 16.8 Å². The van der Waals surface area contributed by atoms with Gasteiger partial charge in [-0.25, -0.2) is 8.42 Å². The largest absolute Gasteiger partial charge is 0.490 e. The van der Waals surface area contributed by atoms with E-state index >= 15 is 0 Å². The van der Waals surface area contributed by atoms with E-state index in [-0.39, 0.29) is 4.90 Å². The summed E-state index contributed by atoms with van der Waals surface area (Å²) in [6.45, 7) is 4.55. The summed E-state index contributed by atoms with van der Waals surface area (Å²) in [6.07, 6.45) is 0. The van der Waals surface area contributed by atoms with Gasteiger partial charge in [0.2, 0.25) is 0 Å². The Morgan fingerprint density at radius 3 is 2.17 bits per heavy atom. The van der Waals surface area contributed by atoms with Crippen LogP contribution in [0.25, 0.3) is 0 Å². The first kappa shape index (κ1) is 17.4. The summed E-state index contributed by atoms with van der Waals surface area (Å²) in [6, 6.07) is 10.9. The Morgan fingerprint density at radius 2 is 1.57 bits per heavy atom. The van der Waals surface area contributed by atoms with Crippen LogP contribution >= 0.6 is 11.6 Å². The summed E-state index contributed by atoms with van der Waals surface area (Å²) in [5.41, 5.74) is 0.432. The average molecular weight is 356 g/mol. The number of sulfonamides is 1. The van der Waals surface area contributed by atoms with E-state index in [0.717, 1.165) is 0 Å². The fourth-order valence-electron chi connectivity index (χ4n) is 1.93. The minimum absolute atomic E-state index is 0.0966. The van der Waals surface area contributed by atoms with Gasteiger partial charge >= 0.3 is 0 Å². The maximum absolute atomic E-state index is 12.5. The second-order valence-corrected chi connectivity index (χ2v) is 6.71. The lowest BCUT2D eigenvalue weighted by atomic mass is 10.3. The lowest BCUT2D eigenvalue weighted by Crippen LogP contribution is -2.13. The number of nitrogens with one attached hydrogen (secondary N) is 1. The van der Waals surface area contributed by atoms with Crippen LogP contribution in [0.1, 0.15) is 13.8 Å². The SMILES string of the molecule is CCOc1ccc(S(=O)(=O)Nc2ccc(Cl)cc2)cc1OCC. The zero-order chi connectivity index (χ0) is 16.9. The van der Waals surface area contributed by atoms with E-state index < -0.39 is 10.0 Å². The van der Waals surface area contributed by atoms with E-state index in [2.05, 4.69) is 4.72 Å². The molecule has 1 N–H and O–H groups in total. The lowest BCUT2D eigenvalue weighted by molar-refractivity contribution is 0.287. The van der Waals surface area contributed by atoms with Crippen LogP contribution in [0.15, 0.2) is 47.4 Å². The van der Waals surface area contributed by atoms with Crippen molar-refractivity contribution in [2.75, 3.05) is 17.9 Å². The van der Waals surface area contributed by atoms with Gasteiger partial charge in [-0.05, 0) is 50.2 Å². The van der Waals surface area contributed by atoms with Gasteiger partial charge in [-0.2, -0.15) is 0 Å². The van der Waals surface area contributed by atoms with Gasteiger partial charge in [0.1, 0.15) is 0 Å². The fourth-order valence-corrected chi connectivity index (χ4v) is 3.13. The molecule has 0 aliphatic heterocycles. The van der Waals surface area contributed by atoms with E-state index in [4.69, 9.17) is 21.1 Å². The van der Waals surface area contributed by atoms with Gasteiger partial charge in [0.15, 0.2) is 11.5 Å². The van der Waals surface area contributed by atoms with Gasteiger partial charge in [-0.3, -0.25) is 4.72 Å². The number of rotatable bonds is 7. The molecule has 0 fully saturated rings. The molecule has 0 aliphatic rings. The molecular formula is C16H18ClNO4S. The van der Waals surface area contributed by atoms with Gasteiger partial charge in [0.05, 0.1) is 18.1 Å². The van der Waals surface area contributed by atoms with Gasteiger partial charge in [-0.1, -0.05) is 11.6 Å². The van der Waals surface area contributed by atoms with E-state index in [1.807, 2.05) is 13.8 Å². The molecule has 0 saturated heterocycles. The number of anilines is 1. The third kappa shape index (κ3) is 4.53. The van der Waals surface area contributed by atoms with Crippen molar-refractivity contribution in [3.05, 3.63) is 47.5 Å². The number of hydrogen-bond donors (Lipinski definition) is 1. The molecule has 0 amide bonds. The molecule has 0 atom stereocenters. The molecule has 7 heteroatoms. The summed E-state index contributed by atoms with van der Waals surface area (Å²) in [7, 11) is -3.73. The smallest absolute Gasteiger partial charge is 0.262 e. The average Bonchev–Trinajstić information content (AvgIpc) is 2.51. The Balaban J connectivity index is 2.31. The van der Waals surface area contributed by atoms with Crippen LogP contribution in [0, 0.1) is 0 Å². The minimum atomic E-state index is -3.73. The predicted molar refractivity (Wildman–Crippen MR) is 91.0 cm³/mol. The number of halogens is 1. The Morgan fingerprint density at radius 1 is 0.957 bits per heavy atom. The summed E-state index contributed by atoms with van der Waals surface area (Å²) in [5, 5.41) is 0.535. The summed E-state index contributed by atoms with van der Waals surface area (Å²) in [5.74, 6) is 0.910. The highest BCUT2D eigenvalue weighted by Gasteiger charge is 2.17. The Kier molecular flexibility index (Phi) is 5.74. The fraction of sp³-hybridized carbons (Fsp3) is 0.250. The van der Waals surface area contributed by atoms with Crippen LogP contribution in [-0.4, -0.2) is 21.6 Å². The predicted octanol–water partition coefficient (Wildman–Crippen LogP) is 3.94. The van der Waals surface area contributed by atoms with Gasteiger partial charge in [-0.15, -0.1) is 0 Å². The lowest BCUT2D eigenvalue weighted by Gasteiger charge is -2.13. The Hall–Kier alpha value is -1.92. The molecule has 124 valence electrons. The molecule has 0 aromatic heterocycles. The second kappa shape index (κ2) is 7.57. The molecule has 0 bridgehead atoms. The molecule has 0 aliphatic carbocycles. The molecule has 2 aromatic carbocycles. The van der Waals surface area contributed by atoms with Crippen LogP contribution in [0.3, 0.4) is 0 Å². The van der Waals surface area contributed by atoms with E-state index in [0.29, 0.717) is 35.4 Å². The molecule has 0 heterocycles. The van der Waals surface area contributed by atoms with Crippen molar-refractivity contribution in [2.24, 2.45) is 0 Å². The Labute approximate surface area is 141 Å². The van der Waals surface area contributed by atoms with E-state index in [1.54, 1.807) is 30.3 Å². The van der Waals surface area contributed by atoms with Crippen molar-refractivity contribution < 1.29 is 17.9 Å². The van der Waals surface area contributed by atoms with E-state index in [1.165, 1.54) is 12.1 Å². The maximum atomic E-state index is 12.5. The van der Waals surface area contributed by atoms with Crippen LogP contribution < -0.4 is 14.2 Å². The summed E-state index contributed by atoms with van der Waals surface area (Å²) in [4.78, 5) is 0.0966. The Bertz CT molecular complexity index is 760. The molecular weight excluding hydrogens is 338 g/mol. The standard InChI is InChI=1S/C16H18ClNO4S/c1-3-21-15-10-9-14(11-16(15)22-4-2)23(19,20)18-13-7-5-12(17)6-8-13/h5-11,18H,3-4H2,1-2H3. The highest BCUT2D eigenvalue weighted by atomic mass is 35.5. The second-order valence-electron chi connectivity index (χ2n) is 4.59. The molecule has 2 rings (SSSR count). The van der Waals surface area contributed by atoms with Crippen molar-refractivity contribution in [1.29, 1.82) is 0 Å². The molecule has 0 saturated carbocycles. The van der Waals surface area contributed by atoms with Crippen molar-refractivity contribution in [3.63, 3.8) is 0 Å². The molecule has 0 spiro atoms. The normalized spacial score (nSPS) is 11.1. The summed E-state index contributed by atoms with van der Waals surface area (Å²) >= 11 is 5.79. The minimum Gasteiger partial charge on any atom is -0.490 e. The van der Waals surface area contributed by atoms with E-state index in [9.17, 15) is 8.42 Å². The molecule has 23 heavy (non-hydrogen) atoms. The number of benzene rings is 2. The van der Waals surface area contributed by atoms with Crippen LogP contribution in [0.5, 0.6) is 11.5 Å². The number of hydrogen-bond acceptors (Lipinski definition) is 4. The van der Waals surface area contributed by atoms with Crippen molar-refractivity contribution in [2.45, 2.75) is 18.7 Å². The highest BCUT2D eigenvalue weighted by Crippen LogP contribution is 2.31. The zero-order valence-corrected chi connectivity index (χ0v) is 14.4.